The smallest absolute Gasteiger partial charge is 0.142 e. The number of hydrogen-bond acceptors (Lipinski definition) is 3. The van der Waals surface area contributed by atoms with Crippen molar-refractivity contribution in [2.75, 3.05) is 25.6 Å². The van der Waals surface area contributed by atoms with Crippen molar-refractivity contribution < 1.29 is 9.47 Å². The zero-order valence-corrected chi connectivity index (χ0v) is 10.6. The summed E-state index contributed by atoms with van der Waals surface area (Å²) in [7, 11) is 1.76. The lowest BCUT2D eigenvalue weighted by Crippen LogP contribution is -2.27. The van der Waals surface area contributed by atoms with E-state index >= 15 is 0 Å². The van der Waals surface area contributed by atoms with Crippen molar-refractivity contribution in [1.29, 1.82) is 0 Å². The van der Waals surface area contributed by atoms with Crippen LogP contribution in [0.4, 0.5) is 5.69 Å². The van der Waals surface area contributed by atoms with Crippen LogP contribution in [-0.4, -0.2) is 26.4 Å². The van der Waals surface area contributed by atoms with Crippen molar-refractivity contribution in [2.45, 2.75) is 25.8 Å². The monoisotopic (exact) mass is 235 g/mol. The molecule has 1 fully saturated rings. The summed E-state index contributed by atoms with van der Waals surface area (Å²) in [6, 6.07) is 8.50. The zero-order valence-electron chi connectivity index (χ0n) is 10.6. The lowest BCUT2D eigenvalue weighted by Gasteiger charge is -2.20. The lowest BCUT2D eigenvalue weighted by atomic mass is 10.2. The maximum absolute atomic E-state index is 5.61. The highest BCUT2D eigenvalue weighted by Gasteiger charge is 2.31. The van der Waals surface area contributed by atoms with Crippen molar-refractivity contribution in [2.24, 2.45) is 5.92 Å². The largest absolute Gasteiger partial charge is 0.492 e. The first-order chi connectivity index (χ1) is 8.35. The van der Waals surface area contributed by atoms with Gasteiger partial charge in [-0.3, -0.25) is 0 Å². The van der Waals surface area contributed by atoms with Gasteiger partial charge in [0.05, 0.1) is 24.9 Å². The summed E-state index contributed by atoms with van der Waals surface area (Å²) in [5.41, 5.74) is 1.07. The van der Waals surface area contributed by atoms with Crippen LogP contribution in [0.2, 0.25) is 0 Å². The van der Waals surface area contributed by atoms with E-state index in [2.05, 4.69) is 11.4 Å². The molecular formula is C14H21NO2. The van der Waals surface area contributed by atoms with Crippen LogP contribution in [0.3, 0.4) is 0 Å². The summed E-state index contributed by atoms with van der Waals surface area (Å²) in [5, 5.41) is 3.55. The van der Waals surface area contributed by atoms with Gasteiger partial charge in [-0.2, -0.15) is 0 Å². The molecule has 0 radical (unpaired) electrons. The minimum atomic E-state index is 0.404. The minimum Gasteiger partial charge on any atom is -0.492 e. The molecule has 0 amide bonds. The van der Waals surface area contributed by atoms with E-state index in [0.717, 1.165) is 24.0 Å². The van der Waals surface area contributed by atoms with Crippen LogP contribution in [0.5, 0.6) is 5.75 Å². The molecule has 3 nitrogen and oxygen atoms in total. The molecule has 1 aliphatic rings. The molecule has 0 spiro atoms. The van der Waals surface area contributed by atoms with Crippen LogP contribution in [0.1, 0.15) is 19.8 Å². The van der Waals surface area contributed by atoms with Crippen molar-refractivity contribution in [3.05, 3.63) is 24.3 Å². The standard InChI is InChI=1S/C14H21NO2/c1-3-17-14-7-5-4-6-12(14)15-13(10-16-2)11-8-9-11/h4-7,11,13,15H,3,8-10H2,1-2H3. The first-order valence-corrected chi connectivity index (χ1v) is 6.32. The summed E-state index contributed by atoms with van der Waals surface area (Å²) in [4.78, 5) is 0. The Morgan fingerprint density at radius 2 is 2.12 bits per heavy atom. The second kappa shape index (κ2) is 5.92. The van der Waals surface area contributed by atoms with Gasteiger partial charge in [0.1, 0.15) is 5.75 Å². The highest BCUT2D eigenvalue weighted by Crippen LogP contribution is 2.36. The second-order valence-corrected chi connectivity index (χ2v) is 4.47. The van der Waals surface area contributed by atoms with Crippen LogP contribution in [0, 0.1) is 5.92 Å². The summed E-state index contributed by atoms with van der Waals surface area (Å²) >= 11 is 0. The van der Waals surface area contributed by atoms with Gasteiger partial charge in [-0.05, 0) is 37.8 Å². The third-order valence-electron chi connectivity index (χ3n) is 3.07. The van der Waals surface area contributed by atoms with Gasteiger partial charge < -0.3 is 14.8 Å². The van der Waals surface area contributed by atoms with Crippen molar-refractivity contribution >= 4 is 5.69 Å². The summed E-state index contributed by atoms with van der Waals surface area (Å²) in [5.74, 6) is 1.68. The molecule has 0 bridgehead atoms. The Labute approximate surface area is 103 Å². The van der Waals surface area contributed by atoms with Gasteiger partial charge in [0.15, 0.2) is 0 Å². The number of ether oxygens (including phenoxy) is 2. The van der Waals surface area contributed by atoms with Gasteiger partial charge >= 0.3 is 0 Å². The van der Waals surface area contributed by atoms with E-state index in [4.69, 9.17) is 9.47 Å². The molecule has 1 aliphatic carbocycles. The zero-order chi connectivity index (χ0) is 12.1. The molecular weight excluding hydrogens is 214 g/mol. The highest BCUT2D eigenvalue weighted by molar-refractivity contribution is 5.57. The number of methoxy groups -OCH3 is 1. The molecule has 17 heavy (non-hydrogen) atoms. The van der Waals surface area contributed by atoms with Crippen molar-refractivity contribution in [1.82, 2.24) is 0 Å². The molecule has 2 rings (SSSR count). The van der Waals surface area contributed by atoms with Gasteiger partial charge in [-0.25, -0.2) is 0 Å². The molecule has 0 heterocycles. The fourth-order valence-corrected chi connectivity index (χ4v) is 2.04. The second-order valence-electron chi connectivity index (χ2n) is 4.47. The summed E-state index contributed by atoms with van der Waals surface area (Å²) in [6.45, 7) is 3.45. The van der Waals surface area contributed by atoms with Gasteiger partial charge in [-0.1, -0.05) is 12.1 Å². The predicted molar refractivity (Wildman–Crippen MR) is 69.6 cm³/mol. The van der Waals surface area contributed by atoms with Crippen LogP contribution < -0.4 is 10.1 Å². The van der Waals surface area contributed by atoms with E-state index in [1.54, 1.807) is 7.11 Å². The lowest BCUT2D eigenvalue weighted by molar-refractivity contribution is 0.179. The molecule has 0 aromatic heterocycles. The molecule has 1 N–H and O–H groups in total. The maximum atomic E-state index is 5.61. The van der Waals surface area contributed by atoms with Crippen LogP contribution in [0.25, 0.3) is 0 Å². The first-order valence-electron chi connectivity index (χ1n) is 6.32. The number of para-hydroxylation sites is 2. The van der Waals surface area contributed by atoms with Gasteiger partial charge in [0.25, 0.3) is 0 Å². The Bertz CT molecular complexity index is 350. The number of rotatable bonds is 7. The van der Waals surface area contributed by atoms with E-state index in [9.17, 15) is 0 Å². The quantitative estimate of drug-likeness (QED) is 0.788. The Kier molecular flexibility index (Phi) is 4.26. The Morgan fingerprint density at radius 1 is 1.35 bits per heavy atom. The molecule has 1 unspecified atom stereocenters. The Hall–Kier alpha value is -1.22. The van der Waals surface area contributed by atoms with Gasteiger partial charge in [0.2, 0.25) is 0 Å². The van der Waals surface area contributed by atoms with Gasteiger partial charge in [0, 0.05) is 7.11 Å². The number of hydrogen-bond donors (Lipinski definition) is 1. The third-order valence-corrected chi connectivity index (χ3v) is 3.07. The Morgan fingerprint density at radius 3 is 2.76 bits per heavy atom. The fourth-order valence-electron chi connectivity index (χ4n) is 2.04. The number of anilines is 1. The molecule has 0 aliphatic heterocycles. The molecule has 1 aromatic rings. The molecule has 1 atom stereocenters. The molecule has 1 aromatic carbocycles. The normalized spacial score (nSPS) is 16.6. The van der Waals surface area contributed by atoms with Gasteiger partial charge in [-0.15, -0.1) is 0 Å². The SMILES string of the molecule is CCOc1ccccc1NC(COC)C1CC1. The van der Waals surface area contributed by atoms with Crippen molar-refractivity contribution in [3.63, 3.8) is 0 Å². The summed E-state index contributed by atoms with van der Waals surface area (Å²) in [6.07, 6.45) is 2.61. The van der Waals surface area contributed by atoms with E-state index in [0.29, 0.717) is 12.6 Å². The van der Waals surface area contributed by atoms with E-state index < -0.39 is 0 Å². The first kappa shape index (κ1) is 12.2. The van der Waals surface area contributed by atoms with E-state index in [1.165, 1.54) is 12.8 Å². The number of nitrogens with one attached hydrogen (secondary N) is 1. The topological polar surface area (TPSA) is 30.5 Å². The van der Waals surface area contributed by atoms with Crippen LogP contribution >= 0.6 is 0 Å². The predicted octanol–water partition coefficient (Wildman–Crippen LogP) is 2.92. The summed E-state index contributed by atoms with van der Waals surface area (Å²) < 4.78 is 10.9. The van der Waals surface area contributed by atoms with Crippen LogP contribution in [0.15, 0.2) is 24.3 Å². The van der Waals surface area contributed by atoms with Crippen LogP contribution in [-0.2, 0) is 4.74 Å². The van der Waals surface area contributed by atoms with E-state index in [1.807, 2.05) is 25.1 Å². The Balaban J connectivity index is 2.04. The van der Waals surface area contributed by atoms with Crippen molar-refractivity contribution in [3.8, 4) is 5.75 Å². The average Bonchev–Trinajstić information content (AvgIpc) is 3.15. The van der Waals surface area contributed by atoms with E-state index in [-0.39, 0.29) is 0 Å². The molecule has 3 heteroatoms. The highest BCUT2D eigenvalue weighted by atomic mass is 16.5. The minimum absolute atomic E-state index is 0.404. The molecule has 94 valence electrons. The third kappa shape index (κ3) is 3.37. The molecule has 0 saturated heterocycles. The average molecular weight is 235 g/mol. The number of benzene rings is 1. The maximum Gasteiger partial charge on any atom is 0.142 e. The molecule has 1 saturated carbocycles. The fraction of sp³-hybridized carbons (Fsp3) is 0.571.